The van der Waals surface area contributed by atoms with Gasteiger partial charge in [-0.25, -0.2) is 0 Å². The minimum atomic E-state index is -0.248. The van der Waals surface area contributed by atoms with Crippen molar-refractivity contribution in [1.82, 2.24) is 9.78 Å². The number of rotatable bonds is 6. The second kappa shape index (κ2) is 7.60. The molecule has 1 atom stereocenters. The molecule has 28 heavy (non-hydrogen) atoms. The Kier molecular flexibility index (Phi) is 4.85. The number of carbonyl (C=O) groups excluding carboxylic acids is 1. The molecule has 1 amide bonds. The molecule has 0 aliphatic carbocycles. The van der Waals surface area contributed by atoms with Crippen LogP contribution < -0.4 is 10.1 Å². The van der Waals surface area contributed by atoms with Crippen LogP contribution in [0.25, 0.3) is 11.0 Å². The maximum absolute atomic E-state index is 12.7. The Morgan fingerprint density at radius 1 is 1.21 bits per heavy atom. The van der Waals surface area contributed by atoms with Crippen LogP contribution in [0.2, 0.25) is 0 Å². The molecule has 1 N–H and O–H groups in total. The van der Waals surface area contributed by atoms with Gasteiger partial charge in [0.2, 0.25) is 0 Å². The van der Waals surface area contributed by atoms with E-state index < -0.39 is 0 Å². The van der Waals surface area contributed by atoms with E-state index in [1.165, 1.54) is 5.56 Å². The van der Waals surface area contributed by atoms with E-state index in [0.29, 0.717) is 22.7 Å². The van der Waals surface area contributed by atoms with E-state index in [4.69, 9.17) is 9.15 Å². The molecule has 142 valence electrons. The van der Waals surface area contributed by atoms with Gasteiger partial charge < -0.3 is 14.5 Å². The second-order valence-corrected chi connectivity index (χ2v) is 6.76. The van der Waals surface area contributed by atoms with E-state index in [1.54, 1.807) is 42.4 Å². The molecule has 2 aromatic carbocycles. The predicted octanol–water partition coefficient (Wildman–Crippen LogP) is 4.43. The minimum absolute atomic E-state index is 0.0789. The Morgan fingerprint density at radius 3 is 2.79 bits per heavy atom. The SMILES string of the molecule is C[C@@H](Cc1ccccc1)Oc1cc(C(=O)Nc2ccn(C)n2)cc2ccoc12. The third kappa shape index (κ3) is 3.91. The fourth-order valence-electron chi connectivity index (χ4n) is 3.14. The Morgan fingerprint density at radius 2 is 2.04 bits per heavy atom. The normalized spacial score (nSPS) is 12.1. The quantitative estimate of drug-likeness (QED) is 0.541. The lowest BCUT2D eigenvalue weighted by Crippen LogP contribution is -2.16. The van der Waals surface area contributed by atoms with E-state index in [1.807, 2.05) is 31.2 Å². The van der Waals surface area contributed by atoms with Gasteiger partial charge in [-0.3, -0.25) is 9.48 Å². The van der Waals surface area contributed by atoms with Gasteiger partial charge in [0, 0.05) is 36.7 Å². The van der Waals surface area contributed by atoms with Crippen LogP contribution in [0, 0.1) is 0 Å². The highest BCUT2D eigenvalue weighted by atomic mass is 16.5. The summed E-state index contributed by atoms with van der Waals surface area (Å²) in [6, 6.07) is 17.2. The number of carbonyl (C=O) groups is 1. The van der Waals surface area contributed by atoms with Crippen molar-refractivity contribution in [1.29, 1.82) is 0 Å². The molecule has 4 rings (SSSR count). The van der Waals surface area contributed by atoms with Crippen molar-refractivity contribution in [3.8, 4) is 5.75 Å². The van der Waals surface area contributed by atoms with Crippen LogP contribution in [0.3, 0.4) is 0 Å². The number of aromatic nitrogens is 2. The summed E-state index contributed by atoms with van der Waals surface area (Å²) in [6.45, 7) is 2.00. The number of aryl methyl sites for hydroxylation is 1. The fraction of sp³-hybridized carbons (Fsp3) is 0.182. The highest BCUT2D eigenvalue weighted by Gasteiger charge is 2.16. The Hall–Kier alpha value is -3.54. The standard InChI is InChI=1S/C22H21N3O3/c1-15(12-16-6-4-3-5-7-16)28-19-14-18(13-17-9-11-27-21(17)19)22(26)23-20-8-10-25(2)24-20/h3-11,13-15H,12H2,1-2H3,(H,23,24,26)/t15-/m0/s1. The molecule has 2 aromatic heterocycles. The molecule has 4 aromatic rings. The van der Waals surface area contributed by atoms with Gasteiger partial charge in [0.05, 0.1) is 6.26 Å². The number of amides is 1. The van der Waals surface area contributed by atoms with Gasteiger partial charge in [-0.05, 0) is 30.7 Å². The Bertz CT molecular complexity index is 1100. The molecule has 0 saturated heterocycles. The van der Waals surface area contributed by atoms with Crippen molar-refractivity contribution in [2.75, 3.05) is 5.32 Å². The lowest BCUT2D eigenvalue weighted by Gasteiger charge is -2.16. The zero-order valence-corrected chi connectivity index (χ0v) is 15.8. The average molecular weight is 375 g/mol. The number of nitrogens with one attached hydrogen (secondary N) is 1. The van der Waals surface area contributed by atoms with Gasteiger partial charge in [-0.15, -0.1) is 0 Å². The largest absolute Gasteiger partial charge is 0.486 e. The summed E-state index contributed by atoms with van der Waals surface area (Å²) in [5.74, 6) is 0.805. The first-order chi connectivity index (χ1) is 13.6. The number of fused-ring (bicyclic) bond motifs is 1. The van der Waals surface area contributed by atoms with Crippen molar-refractivity contribution in [3.05, 3.63) is 78.2 Å². The molecular formula is C22H21N3O3. The van der Waals surface area contributed by atoms with Crippen molar-refractivity contribution in [3.63, 3.8) is 0 Å². The molecule has 0 saturated carbocycles. The van der Waals surface area contributed by atoms with Crippen LogP contribution in [0.4, 0.5) is 5.82 Å². The van der Waals surface area contributed by atoms with Gasteiger partial charge in [0.25, 0.3) is 5.91 Å². The number of nitrogens with zero attached hydrogens (tertiary/aromatic N) is 2. The summed E-state index contributed by atoms with van der Waals surface area (Å²) in [5, 5.41) is 7.80. The zero-order chi connectivity index (χ0) is 19.5. The van der Waals surface area contributed by atoms with Gasteiger partial charge in [0.1, 0.15) is 6.10 Å². The van der Waals surface area contributed by atoms with Crippen LogP contribution in [-0.2, 0) is 13.5 Å². The maximum Gasteiger partial charge on any atom is 0.257 e. The first kappa shape index (κ1) is 17.9. The van der Waals surface area contributed by atoms with Gasteiger partial charge in [-0.2, -0.15) is 5.10 Å². The second-order valence-electron chi connectivity index (χ2n) is 6.76. The van der Waals surface area contributed by atoms with E-state index in [9.17, 15) is 4.79 Å². The van der Waals surface area contributed by atoms with E-state index in [0.717, 1.165) is 11.8 Å². The van der Waals surface area contributed by atoms with E-state index in [-0.39, 0.29) is 12.0 Å². The van der Waals surface area contributed by atoms with Crippen LogP contribution in [-0.4, -0.2) is 21.8 Å². The molecule has 0 aliphatic rings. The van der Waals surface area contributed by atoms with Crippen LogP contribution in [0.15, 0.2) is 71.5 Å². The number of benzene rings is 2. The lowest BCUT2D eigenvalue weighted by molar-refractivity contribution is 0.102. The average Bonchev–Trinajstić information content (AvgIpc) is 3.31. The number of furan rings is 1. The summed E-state index contributed by atoms with van der Waals surface area (Å²) < 4.78 is 13.4. The fourth-order valence-corrected chi connectivity index (χ4v) is 3.14. The first-order valence-corrected chi connectivity index (χ1v) is 9.11. The summed E-state index contributed by atoms with van der Waals surface area (Å²) in [7, 11) is 1.80. The third-order valence-corrected chi connectivity index (χ3v) is 4.43. The van der Waals surface area contributed by atoms with Gasteiger partial charge in [-0.1, -0.05) is 30.3 Å². The summed E-state index contributed by atoms with van der Waals surface area (Å²) >= 11 is 0. The monoisotopic (exact) mass is 375 g/mol. The molecule has 0 spiro atoms. The van der Waals surface area contributed by atoms with Crippen LogP contribution in [0.1, 0.15) is 22.8 Å². The molecule has 6 heteroatoms. The Labute approximate surface area is 162 Å². The molecule has 0 radical (unpaired) electrons. The van der Waals surface area contributed by atoms with E-state index >= 15 is 0 Å². The lowest BCUT2D eigenvalue weighted by atomic mass is 10.1. The van der Waals surface area contributed by atoms with Crippen LogP contribution >= 0.6 is 0 Å². The summed E-state index contributed by atoms with van der Waals surface area (Å²) in [6.07, 6.45) is 4.05. The topological polar surface area (TPSA) is 69.3 Å². The third-order valence-electron chi connectivity index (χ3n) is 4.43. The molecule has 0 aliphatic heterocycles. The number of hydrogen-bond donors (Lipinski definition) is 1. The van der Waals surface area contributed by atoms with Gasteiger partial charge in [0.15, 0.2) is 17.2 Å². The van der Waals surface area contributed by atoms with Crippen LogP contribution in [0.5, 0.6) is 5.75 Å². The van der Waals surface area contributed by atoms with Crippen molar-refractivity contribution in [2.45, 2.75) is 19.4 Å². The van der Waals surface area contributed by atoms with E-state index in [2.05, 4.69) is 22.5 Å². The first-order valence-electron chi connectivity index (χ1n) is 9.11. The van der Waals surface area contributed by atoms with Crippen molar-refractivity contribution >= 4 is 22.7 Å². The summed E-state index contributed by atoms with van der Waals surface area (Å²) in [5.41, 5.74) is 2.31. The minimum Gasteiger partial charge on any atom is -0.486 e. The van der Waals surface area contributed by atoms with Crippen molar-refractivity contribution in [2.24, 2.45) is 7.05 Å². The Balaban J connectivity index is 1.57. The zero-order valence-electron chi connectivity index (χ0n) is 15.8. The molecule has 0 unspecified atom stereocenters. The number of ether oxygens (including phenoxy) is 1. The molecule has 0 bridgehead atoms. The predicted molar refractivity (Wildman–Crippen MR) is 108 cm³/mol. The maximum atomic E-state index is 12.7. The highest BCUT2D eigenvalue weighted by Crippen LogP contribution is 2.30. The smallest absolute Gasteiger partial charge is 0.257 e. The van der Waals surface area contributed by atoms with Gasteiger partial charge >= 0.3 is 0 Å². The van der Waals surface area contributed by atoms with Crippen molar-refractivity contribution < 1.29 is 13.9 Å². The summed E-state index contributed by atoms with van der Waals surface area (Å²) in [4.78, 5) is 12.7. The molecule has 2 heterocycles. The number of hydrogen-bond acceptors (Lipinski definition) is 4. The number of anilines is 1. The molecule has 6 nitrogen and oxygen atoms in total. The molecule has 0 fully saturated rings. The molecular weight excluding hydrogens is 354 g/mol. The highest BCUT2D eigenvalue weighted by molar-refractivity contribution is 6.06.